The second-order valence-corrected chi connectivity index (χ2v) is 3.90. The Hall–Kier alpha value is -2.22. The summed E-state index contributed by atoms with van der Waals surface area (Å²) < 4.78 is 10.5. The van der Waals surface area contributed by atoms with Gasteiger partial charge >= 0.3 is 0 Å². The van der Waals surface area contributed by atoms with Gasteiger partial charge in [-0.2, -0.15) is 0 Å². The standard InChI is InChI=1S/C16H16O2/c1-4-12-5-7-13(8-6-12)14-9-10-15(17-2)16(11-14)18-3/h4-11H,1H2,2-3H3. The molecule has 0 spiro atoms. The molecule has 0 atom stereocenters. The summed E-state index contributed by atoms with van der Waals surface area (Å²) in [7, 11) is 3.28. The molecule has 2 heteroatoms. The highest BCUT2D eigenvalue weighted by atomic mass is 16.5. The van der Waals surface area contributed by atoms with Gasteiger partial charge in [-0.05, 0) is 28.8 Å². The van der Waals surface area contributed by atoms with Gasteiger partial charge in [-0.1, -0.05) is 43.0 Å². The van der Waals surface area contributed by atoms with E-state index in [9.17, 15) is 0 Å². The molecule has 2 aromatic rings. The van der Waals surface area contributed by atoms with Crippen LogP contribution in [-0.4, -0.2) is 14.2 Å². The number of rotatable bonds is 4. The van der Waals surface area contributed by atoms with E-state index in [-0.39, 0.29) is 0 Å². The van der Waals surface area contributed by atoms with E-state index in [0.717, 1.165) is 28.2 Å². The Kier molecular flexibility index (Phi) is 3.68. The maximum Gasteiger partial charge on any atom is 0.161 e. The van der Waals surface area contributed by atoms with Crippen LogP contribution in [0.4, 0.5) is 0 Å². The normalized spacial score (nSPS) is 9.89. The fourth-order valence-electron chi connectivity index (χ4n) is 1.83. The molecule has 0 fully saturated rings. The van der Waals surface area contributed by atoms with Gasteiger partial charge in [0.2, 0.25) is 0 Å². The molecule has 0 aliphatic rings. The minimum absolute atomic E-state index is 0.739. The van der Waals surface area contributed by atoms with E-state index in [0.29, 0.717) is 0 Å². The topological polar surface area (TPSA) is 18.5 Å². The summed E-state index contributed by atoms with van der Waals surface area (Å²) in [5.74, 6) is 1.48. The molecule has 2 rings (SSSR count). The zero-order chi connectivity index (χ0) is 13.0. The number of benzene rings is 2. The highest BCUT2D eigenvalue weighted by Crippen LogP contribution is 2.32. The minimum atomic E-state index is 0.739. The molecule has 0 heterocycles. The van der Waals surface area contributed by atoms with Crippen LogP contribution in [0.3, 0.4) is 0 Å². The van der Waals surface area contributed by atoms with Crippen LogP contribution in [-0.2, 0) is 0 Å². The van der Waals surface area contributed by atoms with Crippen molar-refractivity contribution in [2.45, 2.75) is 0 Å². The van der Waals surface area contributed by atoms with E-state index in [1.165, 1.54) is 0 Å². The van der Waals surface area contributed by atoms with E-state index in [2.05, 4.69) is 18.7 Å². The Balaban J connectivity index is 2.40. The fourth-order valence-corrected chi connectivity index (χ4v) is 1.83. The predicted molar refractivity (Wildman–Crippen MR) is 75.1 cm³/mol. The van der Waals surface area contributed by atoms with Crippen molar-refractivity contribution < 1.29 is 9.47 Å². The summed E-state index contributed by atoms with van der Waals surface area (Å²) in [6.07, 6.45) is 1.83. The van der Waals surface area contributed by atoms with E-state index in [1.54, 1.807) is 14.2 Å². The zero-order valence-corrected chi connectivity index (χ0v) is 10.6. The number of hydrogen-bond acceptors (Lipinski definition) is 2. The smallest absolute Gasteiger partial charge is 0.161 e. The van der Waals surface area contributed by atoms with Crippen LogP contribution in [0.2, 0.25) is 0 Å². The van der Waals surface area contributed by atoms with Gasteiger partial charge in [0.15, 0.2) is 11.5 Å². The highest BCUT2D eigenvalue weighted by Gasteiger charge is 2.05. The van der Waals surface area contributed by atoms with Crippen molar-refractivity contribution in [2.75, 3.05) is 14.2 Å². The van der Waals surface area contributed by atoms with Crippen molar-refractivity contribution in [3.8, 4) is 22.6 Å². The Bertz CT molecular complexity index is 542. The molecule has 0 aliphatic heterocycles. The monoisotopic (exact) mass is 240 g/mol. The van der Waals surface area contributed by atoms with Gasteiger partial charge in [0, 0.05) is 0 Å². The maximum atomic E-state index is 5.30. The second kappa shape index (κ2) is 5.41. The third-order valence-electron chi connectivity index (χ3n) is 2.86. The molecule has 2 aromatic carbocycles. The Morgan fingerprint density at radius 2 is 1.44 bits per heavy atom. The van der Waals surface area contributed by atoms with Gasteiger partial charge in [-0.25, -0.2) is 0 Å². The first-order valence-corrected chi connectivity index (χ1v) is 5.73. The van der Waals surface area contributed by atoms with Gasteiger partial charge in [0.05, 0.1) is 14.2 Å². The average Bonchev–Trinajstić information content (AvgIpc) is 2.46. The number of hydrogen-bond donors (Lipinski definition) is 0. The largest absolute Gasteiger partial charge is 0.493 e. The lowest BCUT2D eigenvalue weighted by Crippen LogP contribution is -1.90. The molecular formula is C16H16O2. The molecule has 0 N–H and O–H groups in total. The van der Waals surface area contributed by atoms with Gasteiger partial charge in [0.1, 0.15) is 0 Å². The van der Waals surface area contributed by atoms with E-state index >= 15 is 0 Å². The van der Waals surface area contributed by atoms with Crippen molar-refractivity contribution in [3.05, 3.63) is 54.6 Å². The molecular weight excluding hydrogens is 224 g/mol. The van der Waals surface area contributed by atoms with Crippen LogP contribution in [0.15, 0.2) is 49.0 Å². The molecule has 0 aromatic heterocycles. The Labute approximate surface area is 107 Å². The molecule has 0 bridgehead atoms. The van der Waals surface area contributed by atoms with E-state index in [4.69, 9.17) is 9.47 Å². The van der Waals surface area contributed by atoms with Crippen molar-refractivity contribution in [3.63, 3.8) is 0 Å². The highest BCUT2D eigenvalue weighted by molar-refractivity contribution is 5.68. The molecule has 18 heavy (non-hydrogen) atoms. The number of ether oxygens (including phenoxy) is 2. The van der Waals surface area contributed by atoms with Gasteiger partial charge in [-0.15, -0.1) is 0 Å². The summed E-state index contributed by atoms with van der Waals surface area (Å²) in [6, 6.07) is 14.1. The summed E-state index contributed by atoms with van der Waals surface area (Å²) in [5, 5.41) is 0. The van der Waals surface area contributed by atoms with Gasteiger partial charge < -0.3 is 9.47 Å². The average molecular weight is 240 g/mol. The quantitative estimate of drug-likeness (QED) is 0.803. The maximum absolute atomic E-state index is 5.30. The van der Waals surface area contributed by atoms with Crippen LogP contribution in [0.25, 0.3) is 17.2 Å². The lowest BCUT2D eigenvalue weighted by molar-refractivity contribution is 0.355. The second-order valence-electron chi connectivity index (χ2n) is 3.90. The molecule has 0 aliphatic carbocycles. The third kappa shape index (κ3) is 2.38. The molecule has 0 saturated heterocycles. The molecule has 92 valence electrons. The van der Waals surface area contributed by atoms with Gasteiger partial charge in [0.25, 0.3) is 0 Å². The summed E-state index contributed by atoms with van der Waals surface area (Å²) in [5.41, 5.74) is 3.35. The van der Waals surface area contributed by atoms with Gasteiger partial charge in [-0.3, -0.25) is 0 Å². The summed E-state index contributed by atoms with van der Waals surface area (Å²) >= 11 is 0. The number of methoxy groups -OCH3 is 2. The molecule has 0 amide bonds. The first-order valence-electron chi connectivity index (χ1n) is 5.73. The molecule has 0 saturated carbocycles. The van der Waals surface area contributed by atoms with Crippen molar-refractivity contribution in [1.82, 2.24) is 0 Å². The lowest BCUT2D eigenvalue weighted by Gasteiger charge is -2.09. The minimum Gasteiger partial charge on any atom is -0.493 e. The van der Waals surface area contributed by atoms with E-state index < -0.39 is 0 Å². The molecule has 0 radical (unpaired) electrons. The molecule has 2 nitrogen and oxygen atoms in total. The first-order chi connectivity index (χ1) is 8.78. The van der Waals surface area contributed by atoms with Crippen LogP contribution < -0.4 is 9.47 Å². The zero-order valence-electron chi connectivity index (χ0n) is 10.6. The predicted octanol–water partition coefficient (Wildman–Crippen LogP) is 4.01. The summed E-state index contributed by atoms with van der Waals surface area (Å²) in [6.45, 7) is 3.75. The Morgan fingerprint density at radius 1 is 0.833 bits per heavy atom. The van der Waals surface area contributed by atoms with Crippen molar-refractivity contribution in [2.24, 2.45) is 0 Å². The van der Waals surface area contributed by atoms with Crippen LogP contribution in [0.1, 0.15) is 5.56 Å². The SMILES string of the molecule is C=Cc1ccc(-c2ccc(OC)c(OC)c2)cc1. The van der Waals surface area contributed by atoms with Crippen molar-refractivity contribution in [1.29, 1.82) is 0 Å². The summed E-state index contributed by atoms with van der Waals surface area (Å²) in [4.78, 5) is 0. The third-order valence-corrected chi connectivity index (χ3v) is 2.86. The van der Waals surface area contributed by atoms with E-state index in [1.807, 2.05) is 36.4 Å². The lowest BCUT2D eigenvalue weighted by atomic mass is 10.0. The van der Waals surface area contributed by atoms with Crippen LogP contribution in [0.5, 0.6) is 11.5 Å². The van der Waals surface area contributed by atoms with Crippen molar-refractivity contribution >= 4 is 6.08 Å². The van der Waals surface area contributed by atoms with Crippen LogP contribution in [0, 0.1) is 0 Å². The first kappa shape index (κ1) is 12.2. The Morgan fingerprint density at radius 3 is 2.00 bits per heavy atom. The van der Waals surface area contributed by atoms with Crippen LogP contribution >= 0.6 is 0 Å². The fraction of sp³-hybridized carbons (Fsp3) is 0.125. The molecule has 0 unspecified atom stereocenters.